The first kappa shape index (κ1) is 20.0. The molecule has 3 rings (SSSR count). The SMILES string of the molecule is CCC(CC)c1cc(C)n2nc(-c3ccc(OC(F)F)cc3C)n(C)c(=O)c12. The van der Waals surface area contributed by atoms with Gasteiger partial charge in [-0.25, -0.2) is 4.52 Å². The fourth-order valence-corrected chi connectivity index (χ4v) is 3.75. The maximum atomic E-state index is 13.2. The van der Waals surface area contributed by atoms with Gasteiger partial charge in [-0.3, -0.25) is 9.36 Å². The van der Waals surface area contributed by atoms with Gasteiger partial charge in [0, 0.05) is 18.3 Å². The van der Waals surface area contributed by atoms with Crippen LogP contribution < -0.4 is 10.3 Å². The van der Waals surface area contributed by atoms with Crippen molar-refractivity contribution in [2.45, 2.75) is 53.1 Å². The Morgan fingerprint density at radius 3 is 2.39 bits per heavy atom. The summed E-state index contributed by atoms with van der Waals surface area (Å²) < 4.78 is 32.6. The third-order valence-corrected chi connectivity index (χ3v) is 5.29. The number of alkyl halides is 2. The number of fused-ring (bicyclic) bond motifs is 1. The Morgan fingerprint density at radius 1 is 1.14 bits per heavy atom. The quantitative estimate of drug-likeness (QED) is 0.607. The van der Waals surface area contributed by atoms with E-state index in [0.717, 1.165) is 24.1 Å². The minimum atomic E-state index is -2.88. The van der Waals surface area contributed by atoms with Crippen LogP contribution in [0.15, 0.2) is 29.1 Å². The third-order valence-electron chi connectivity index (χ3n) is 5.29. The highest BCUT2D eigenvalue weighted by Gasteiger charge is 2.21. The number of hydrogen-bond acceptors (Lipinski definition) is 3. The van der Waals surface area contributed by atoms with Crippen molar-refractivity contribution in [3.63, 3.8) is 0 Å². The minimum absolute atomic E-state index is 0.0792. The van der Waals surface area contributed by atoms with Gasteiger partial charge in [0.05, 0.1) is 0 Å². The van der Waals surface area contributed by atoms with Crippen LogP contribution in [-0.2, 0) is 7.05 Å². The standard InChI is InChI=1S/C21H25F2N3O2/c1-6-14(7-2)17-11-13(4)26-18(17)20(27)25(5)19(24-26)16-9-8-15(10-12(16)3)28-21(22)23/h8-11,14,21H,6-7H2,1-5H3. The summed E-state index contributed by atoms with van der Waals surface area (Å²) in [6.45, 7) is 5.07. The van der Waals surface area contributed by atoms with E-state index in [-0.39, 0.29) is 11.3 Å². The molecular weight excluding hydrogens is 364 g/mol. The zero-order valence-electron chi connectivity index (χ0n) is 16.8. The van der Waals surface area contributed by atoms with Crippen molar-refractivity contribution in [2.75, 3.05) is 0 Å². The molecule has 0 saturated heterocycles. The van der Waals surface area contributed by atoms with Crippen molar-refractivity contribution in [1.82, 2.24) is 14.2 Å². The summed E-state index contributed by atoms with van der Waals surface area (Å²) in [5, 5.41) is 4.72. The summed E-state index contributed by atoms with van der Waals surface area (Å²) in [7, 11) is 1.69. The van der Waals surface area contributed by atoms with Crippen LogP contribution in [0, 0.1) is 13.8 Å². The first-order valence-corrected chi connectivity index (χ1v) is 9.43. The lowest BCUT2D eigenvalue weighted by Crippen LogP contribution is -2.24. The lowest BCUT2D eigenvalue weighted by molar-refractivity contribution is -0.0498. The molecule has 0 aliphatic heterocycles. The zero-order valence-corrected chi connectivity index (χ0v) is 16.8. The smallest absolute Gasteiger partial charge is 0.387 e. The van der Waals surface area contributed by atoms with Gasteiger partial charge in [0.2, 0.25) is 0 Å². The Bertz CT molecular complexity index is 1070. The first-order valence-electron chi connectivity index (χ1n) is 9.43. The summed E-state index contributed by atoms with van der Waals surface area (Å²) in [6, 6.07) is 6.68. The van der Waals surface area contributed by atoms with Crippen molar-refractivity contribution in [3.8, 4) is 17.1 Å². The topological polar surface area (TPSA) is 48.5 Å². The number of aromatic nitrogens is 3. The van der Waals surface area contributed by atoms with Crippen molar-refractivity contribution in [1.29, 1.82) is 0 Å². The molecule has 0 bridgehead atoms. The maximum absolute atomic E-state index is 13.2. The molecule has 0 aliphatic carbocycles. The van der Waals surface area contributed by atoms with Crippen molar-refractivity contribution in [2.24, 2.45) is 7.05 Å². The fraction of sp³-hybridized carbons (Fsp3) is 0.429. The molecule has 0 saturated carbocycles. The molecule has 28 heavy (non-hydrogen) atoms. The van der Waals surface area contributed by atoms with Crippen LogP contribution in [-0.4, -0.2) is 20.8 Å². The zero-order chi connectivity index (χ0) is 20.6. The molecule has 3 aromatic rings. The molecule has 0 N–H and O–H groups in total. The summed E-state index contributed by atoms with van der Waals surface area (Å²) in [6.07, 6.45) is 1.90. The monoisotopic (exact) mass is 389 g/mol. The second kappa shape index (κ2) is 7.73. The number of rotatable bonds is 6. The molecule has 0 fully saturated rings. The van der Waals surface area contributed by atoms with Crippen molar-refractivity contribution in [3.05, 3.63) is 51.4 Å². The molecular formula is C21H25F2N3O2. The Kier molecular flexibility index (Phi) is 5.54. The normalized spacial score (nSPS) is 11.8. The summed E-state index contributed by atoms with van der Waals surface area (Å²) in [5.41, 5.74) is 3.80. The van der Waals surface area contributed by atoms with E-state index < -0.39 is 6.61 Å². The predicted octanol–water partition coefficient (Wildman–Crippen LogP) is 4.82. The van der Waals surface area contributed by atoms with Crippen LogP contribution in [0.5, 0.6) is 5.75 Å². The number of benzene rings is 1. The van der Waals surface area contributed by atoms with E-state index in [1.807, 2.05) is 13.0 Å². The molecule has 0 radical (unpaired) electrons. The average molecular weight is 389 g/mol. The Hall–Kier alpha value is -2.70. The molecule has 0 aliphatic rings. The third kappa shape index (κ3) is 3.41. The van der Waals surface area contributed by atoms with Gasteiger partial charge in [0.1, 0.15) is 11.3 Å². The number of halogens is 2. The molecule has 0 atom stereocenters. The number of hydrogen-bond donors (Lipinski definition) is 0. The molecule has 2 heterocycles. The highest BCUT2D eigenvalue weighted by atomic mass is 19.3. The lowest BCUT2D eigenvalue weighted by atomic mass is 9.95. The van der Waals surface area contributed by atoms with E-state index >= 15 is 0 Å². The maximum Gasteiger partial charge on any atom is 0.387 e. The molecule has 0 amide bonds. The van der Waals surface area contributed by atoms with E-state index in [0.29, 0.717) is 28.4 Å². The van der Waals surface area contributed by atoms with E-state index in [1.165, 1.54) is 16.7 Å². The Labute approximate surface area is 162 Å². The molecule has 7 heteroatoms. The highest BCUT2D eigenvalue weighted by Crippen LogP contribution is 2.30. The van der Waals surface area contributed by atoms with Crippen LogP contribution in [0.2, 0.25) is 0 Å². The molecule has 5 nitrogen and oxygen atoms in total. The highest BCUT2D eigenvalue weighted by molar-refractivity contribution is 5.64. The van der Waals surface area contributed by atoms with Crippen LogP contribution in [0.4, 0.5) is 8.78 Å². The van der Waals surface area contributed by atoms with Crippen LogP contribution in [0.3, 0.4) is 0 Å². The molecule has 2 aromatic heterocycles. The Morgan fingerprint density at radius 2 is 1.82 bits per heavy atom. The van der Waals surface area contributed by atoms with Gasteiger partial charge in [0.15, 0.2) is 5.82 Å². The minimum Gasteiger partial charge on any atom is -0.435 e. The van der Waals surface area contributed by atoms with Crippen molar-refractivity contribution >= 4 is 5.52 Å². The number of nitrogens with zero attached hydrogens (tertiary/aromatic N) is 3. The Balaban J connectivity index is 2.21. The molecule has 1 aromatic carbocycles. The van der Waals surface area contributed by atoms with E-state index in [9.17, 15) is 13.6 Å². The van der Waals surface area contributed by atoms with Crippen LogP contribution in [0.1, 0.15) is 49.4 Å². The second-order valence-corrected chi connectivity index (χ2v) is 7.06. The van der Waals surface area contributed by atoms with Gasteiger partial charge < -0.3 is 4.74 Å². The lowest BCUT2D eigenvalue weighted by Gasteiger charge is -2.15. The van der Waals surface area contributed by atoms with Gasteiger partial charge >= 0.3 is 6.61 Å². The largest absolute Gasteiger partial charge is 0.435 e. The van der Waals surface area contributed by atoms with Gasteiger partial charge in [-0.05, 0) is 68.0 Å². The van der Waals surface area contributed by atoms with Gasteiger partial charge in [-0.15, -0.1) is 5.10 Å². The average Bonchev–Trinajstić information content (AvgIpc) is 2.96. The summed E-state index contributed by atoms with van der Waals surface area (Å²) in [5.74, 6) is 0.862. The molecule has 0 spiro atoms. The molecule has 150 valence electrons. The van der Waals surface area contributed by atoms with Gasteiger partial charge in [-0.1, -0.05) is 13.8 Å². The van der Waals surface area contributed by atoms with Gasteiger partial charge in [0.25, 0.3) is 5.56 Å². The van der Waals surface area contributed by atoms with Crippen LogP contribution >= 0.6 is 0 Å². The number of ether oxygens (including phenoxy) is 1. The van der Waals surface area contributed by atoms with Crippen molar-refractivity contribution < 1.29 is 13.5 Å². The summed E-state index contributed by atoms with van der Waals surface area (Å²) >= 11 is 0. The van der Waals surface area contributed by atoms with E-state index in [4.69, 9.17) is 5.10 Å². The molecule has 0 unspecified atom stereocenters. The number of aryl methyl sites for hydroxylation is 2. The van der Waals surface area contributed by atoms with Gasteiger partial charge in [-0.2, -0.15) is 8.78 Å². The van der Waals surface area contributed by atoms with Crippen LogP contribution in [0.25, 0.3) is 16.9 Å². The summed E-state index contributed by atoms with van der Waals surface area (Å²) in [4.78, 5) is 13.2. The second-order valence-electron chi connectivity index (χ2n) is 7.06. The predicted molar refractivity (Wildman–Crippen MR) is 105 cm³/mol. The van der Waals surface area contributed by atoms with E-state index in [1.54, 1.807) is 24.6 Å². The first-order chi connectivity index (χ1) is 13.3. The van der Waals surface area contributed by atoms with E-state index in [2.05, 4.69) is 18.6 Å². The fourth-order valence-electron chi connectivity index (χ4n) is 3.75.